The van der Waals surface area contributed by atoms with Gasteiger partial charge in [-0.2, -0.15) is 0 Å². The van der Waals surface area contributed by atoms with E-state index in [2.05, 4.69) is 10.3 Å². The van der Waals surface area contributed by atoms with E-state index in [9.17, 15) is 9.59 Å². The highest BCUT2D eigenvalue weighted by atomic mass is 16.2. The maximum Gasteiger partial charge on any atom is 0.217 e. The fourth-order valence-corrected chi connectivity index (χ4v) is 2.49. The van der Waals surface area contributed by atoms with Crippen LogP contribution in [0.5, 0.6) is 0 Å². The molecule has 1 aliphatic carbocycles. The standard InChI is InChI=1S/C13H12N2O2/c1-7(16)15-11-5-8-3-2-4-10-12(8)9(6-14-10)13(11)17/h2-4,6,11,14H,5H2,1H3,(H,15,16). The molecule has 1 aliphatic rings. The number of aromatic nitrogens is 1. The van der Waals surface area contributed by atoms with Gasteiger partial charge in [-0.3, -0.25) is 9.59 Å². The van der Waals surface area contributed by atoms with Gasteiger partial charge in [-0.1, -0.05) is 12.1 Å². The Balaban J connectivity index is 2.13. The van der Waals surface area contributed by atoms with Gasteiger partial charge in [0.25, 0.3) is 0 Å². The molecule has 1 unspecified atom stereocenters. The topological polar surface area (TPSA) is 62.0 Å². The first kappa shape index (κ1) is 10.1. The summed E-state index contributed by atoms with van der Waals surface area (Å²) in [4.78, 5) is 26.3. The lowest BCUT2D eigenvalue weighted by Gasteiger charge is -2.21. The number of hydrogen-bond donors (Lipinski definition) is 2. The van der Waals surface area contributed by atoms with Crippen LogP contribution in [0.4, 0.5) is 0 Å². The zero-order chi connectivity index (χ0) is 12.0. The van der Waals surface area contributed by atoms with Crippen LogP contribution in [-0.4, -0.2) is 22.7 Å². The van der Waals surface area contributed by atoms with Crippen molar-refractivity contribution in [2.24, 2.45) is 0 Å². The summed E-state index contributed by atoms with van der Waals surface area (Å²) in [5.41, 5.74) is 2.77. The second kappa shape index (κ2) is 3.45. The van der Waals surface area contributed by atoms with Crippen molar-refractivity contribution in [3.8, 4) is 0 Å². The van der Waals surface area contributed by atoms with Crippen LogP contribution in [0.3, 0.4) is 0 Å². The molecule has 2 aromatic rings. The van der Waals surface area contributed by atoms with Crippen molar-refractivity contribution >= 4 is 22.6 Å². The lowest BCUT2D eigenvalue weighted by molar-refractivity contribution is -0.119. The van der Waals surface area contributed by atoms with Gasteiger partial charge < -0.3 is 10.3 Å². The van der Waals surface area contributed by atoms with Crippen molar-refractivity contribution in [2.45, 2.75) is 19.4 Å². The van der Waals surface area contributed by atoms with Gasteiger partial charge in [0.15, 0.2) is 5.78 Å². The average Bonchev–Trinajstić information content (AvgIpc) is 2.70. The molecule has 0 bridgehead atoms. The molecule has 86 valence electrons. The summed E-state index contributed by atoms with van der Waals surface area (Å²) in [6, 6.07) is 5.48. The molecule has 1 aromatic carbocycles. The van der Waals surface area contributed by atoms with E-state index in [1.54, 1.807) is 6.20 Å². The number of hydrogen-bond acceptors (Lipinski definition) is 2. The Kier molecular flexibility index (Phi) is 2.04. The van der Waals surface area contributed by atoms with Crippen LogP contribution < -0.4 is 5.32 Å². The molecule has 17 heavy (non-hydrogen) atoms. The van der Waals surface area contributed by atoms with E-state index < -0.39 is 6.04 Å². The Bertz CT molecular complexity index is 627. The highest BCUT2D eigenvalue weighted by Gasteiger charge is 2.29. The smallest absolute Gasteiger partial charge is 0.217 e. The van der Waals surface area contributed by atoms with E-state index in [-0.39, 0.29) is 11.7 Å². The predicted molar refractivity (Wildman–Crippen MR) is 63.9 cm³/mol. The molecule has 1 atom stereocenters. The van der Waals surface area contributed by atoms with Gasteiger partial charge in [-0.15, -0.1) is 0 Å². The fraction of sp³-hybridized carbons (Fsp3) is 0.231. The summed E-state index contributed by atoms with van der Waals surface area (Å²) in [5, 5.41) is 3.70. The minimum atomic E-state index is -0.429. The summed E-state index contributed by atoms with van der Waals surface area (Å²) < 4.78 is 0. The predicted octanol–water partition coefficient (Wildman–Crippen LogP) is 1.41. The van der Waals surface area contributed by atoms with E-state index in [0.717, 1.165) is 16.5 Å². The molecule has 0 fully saturated rings. The number of benzene rings is 1. The van der Waals surface area contributed by atoms with Crippen LogP contribution in [-0.2, 0) is 11.2 Å². The quantitative estimate of drug-likeness (QED) is 0.775. The van der Waals surface area contributed by atoms with Gasteiger partial charge >= 0.3 is 0 Å². The van der Waals surface area contributed by atoms with Crippen molar-refractivity contribution in [1.29, 1.82) is 0 Å². The zero-order valence-corrected chi connectivity index (χ0v) is 9.41. The van der Waals surface area contributed by atoms with Crippen molar-refractivity contribution in [1.82, 2.24) is 10.3 Å². The van der Waals surface area contributed by atoms with Crippen molar-refractivity contribution in [2.75, 3.05) is 0 Å². The summed E-state index contributed by atoms with van der Waals surface area (Å²) >= 11 is 0. The third-order valence-corrected chi connectivity index (χ3v) is 3.18. The molecule has 1 amide bonds. The van der Waals surface area contributed by atoms with E-state index in [1.165, 1.54) is 6.92 Å². The first-order chi connectivity index (χ1) is 8.16. The zero-order valence-electron chi connectivity index (χ0n) is 9.41. The summed E-state index contributed by atoms with van der Waals surface area (Å²) in [7, 11) is 0. The first-order valence-corrected chi connectivity index (χ1v) is 5.57. The minimum absolute atomic E-state index is 0.00912. The third kappa shape index (κ3) is 1.45. The second-order valence-corrected chi connectivity index (χ2v) is 4.36. The van der Waals surface area contributed by atoms with Gasteiger partial charge in [0.1, 0.15) is 0 Å². The highest BCUT2D eigenvalue weighted by molar-refractivity contribution is 6.14. The van der Waals surface area contributed by atoms with Crippen molar-refractivity contribution < 1.29 is 9.59 Å². The Morgan fingerprint density at radius 2 is 2.29 bits per heavy atom. The average molecular weight is 228 g/mol. The number of amides is 1. The number of carbonyl (C=O) groups excluding carboxylic acids is 2. The van der Waals surface area contributed by atoms with E-state index in [4.69, 9.17) is 0 Å². The number of Topliss-reactive ketones (excluding diaryl/α,β-unsaturated/α-hetero) is 1. The normalized spacial score (nSPS) is 18.4. The monoisotopic (exact) mass is 228 g/mol. The third-order valence-electron chi connectivity index (χ3n) is 3.18. The summed E-state index contributed by atoms with van der Waals surface area (Å²) in [6.07, 6.45) is 2.30. The van der Waals surface area contributed by atoms with Crippen molar-refractivity contribution in [3.05, 3.63) is 35.5 Å². The van der Waals surface area contributed by atoms with Crippen LogP contribution in [0.25, 0.3) is 10.9 Å². The second-order valence-electron chi connectivity index (χ2n) is 4.36. The number of aromatic amines is 1. The molecule has 0 aliphatic heterocycles. The van der Waals surface area contributed by atoms with Crippen LogP contribution in [0.15, 0.2) is 24.4 Å². The van der Waals surface area contributed by atoms with Gasteiger partial charge in [0.2, 0.25) is 5.91 Å². The number of ketones is 1. The number of carbonyl (C=O) groups is 2. The van der Waals surface area contributed by atoms with E-state index in [1.807, 2.05) is 18.2 Å². The van der Waals surface area contributed by atoms with Crippen LogP contribution in [0.1, 0.15) is 22.8 Å². The maximum absolute atomic E-state index is 12.2. The largest absolute Gasteiger partial charge is 0.360 e. The van der Waals surface area contributed by atoms with Gasteiger partial charge in [-0.25, -0.2) is 0 Å². The minimum Gasteiger partial charge on any atom is -0.360 e. The summed E-state index contributed by atoms with van der Waals surface area (Å²) in [5.74, 6) is -0.181. The molecule has 4 nitrogen and oxygen atoms in total. The Labute approximate surface area is 98.0 Å². The Hall–Kier alpha value is -2.10. The SMILES string of the molecule is CC(=O)NC1Cc2cccc3[nH]cc(c23)C1=O. The van der Waals surface area contributed by atoms with Crippen LogP contribution in [0.2, 0.25) is 0 Å². The molecular weight excluding hydrogens is 216 g/mol. The van der Waals surface area contributed by atoms with Crippen molar-refractivity contribution in [3.63, 3.8) is 0 Å². The van der Waals surface area contributed by atoms with Crippen LogP contribution in [0, 0.1) is 0 Å². The highest BCUT2D eigenvalue weighted by Crippen LogP contribution is 2.29. The van der Waals surface area contributed by atoms with E-state index in [0.29, 0.717) is 12.0 Å². The molecule has 0 spiro atoms. The lowest BCUT2D eigenvalue weighted by Crippen LogP contribution is -2.42. The molecule has 1 heterocycles. The molecule has 1 aromatic heterocycles. The van der Waals surface area contributed by atoms with E-state index >= 15 is 0 Å². The first-order valence-electron chi connectivity index (χ1n) is 5.57. The Morgan fingerprint density at radius 3 is 3.06 bits per heavy atom. The number of nitrogens with one attached hydrogen (secondary N) is 2. The van der Waals surface area contributed by atoms with Gasteiger partial charge in [-0.05, 0) is 11.6 Å². The van der Waals surface area contributed by atoms with Gasteiger partial charge in [0.05, 0.1) is 6.04 Å². The number of rotatable bonds is 1. The summed E-state index contributed by atoms with van der Waals surface area (Å²) in [6.45, 7) is 1.43. The fourth-order valence-electron chi connectivity index (χ4n) is 2.49. The molecule has 2 N–H and O–H groups in total. The molecule has 4 heteroatoms. The molecule has 0 radical (unpaired) electrons. The molecule has 3 rings (SSSR count). The van der Waals surface area contributed by atoms with Gasteiger partial charge in [0, 0.05) is 36.0 Å². The Morgan fingerprint density at radius 1 is 1.47 bits per heavy atom. The molecule has 0 saturated carbocycles. The van der Waals surface area contributed by atoms with Crippen LogP contribution >= 0.6 is 0 Å². The molecular formula is C13H12N2O2. The lowest BCUT2D eigenvalue weighted by atomic mass is 9.88. The number of H-pyrrole nitrogens is 1. The maximum atomic E-state index is 12.2. The molecule has 0 saturated heterocycles.